The van der Waals surface area contributed by atoms with Crippen LogP contribution >= 0.6 is 0 Å². The van der Waals surface area contributed by atoms with E-state index in [1.54, 1.807) is 0 Å². The number of carbonyl (C=O) groups excluding carboxylic acids is 1. The lowest BCUT2D eigenvalue weighted by Crippen LogP contribution is -2.40. The number of nitrogens with zero attached hydrogens (tertiary/aromatic N) is 1. The van der Waals surface area contributed by atoms with Crippen molar-refractivity contribution < 1.29 is 27.9 Å². The molecule has 3 rings (SSSR count). The maximum atomic E-state index is 12.7. The van der Waals surface area contributed by atoms with Crippen molar-refractivity contribution in [2.45, 2.75) is 31.6 Å². The van der Waals surface area contributed by atoms with Gasteiger partial charge in [-0.15, -0.1) is 0 Å². The van der Waals surface area contributed by atoms with Crippen molar-refractivity contribution >= 4 is 27.6 Å². The molecule has 0 spiro atoms. The molecule has 0 unspecified atom stereocenters. The average Bonchev–Trinajstić information content (AvgIpc) is 2.70. The van der Waals surface area contributed by atoms with Crippen molar-refractivity contribution in [3.8, 4) is 0 Å². The Hall–Kier alpha value is -2.23. The molecule has 1 aromatic rings. The molecule has 1 aliphatic heterocycles. The van der Waals surface area contributed by atoms with Gasteiger partial charge in [0.2, 0.25) is 15.9 Å². The number of morpholine rings is 1. The number of aliphatic carboxylic acids is 1. The molecule has 0 aromatic heterocycles. The Morgan fingerprint density at radius 3 is 2.14 bits per heavy atom. The zero-order valence-electron chi connectivity index (χ0n) is 16.6. The summed E-state index contributed by atoms with van der Waals surface area (Å²) in [6.07, 6.45) is 0.758. The molecule has 1 fully saturated rings. The van der Waals surface area contributed by atoms with Crippen LogP contribution in [0.2, 0.25) is 0 Å². The van der Waals surface area contributed by atoms with Gasteiger partial charge < -0.3 is 15.2 Å². The van der Waals surface area contributed by atoms with Crippen LogP contribution in [0.3, 0.4) is 0 Å². The SMILES string of the molecule is CC1=C(C)C[C@@H](C(=O)Nc2ccc(S(=O)(=O)N3CCOCC3)cc2)[C@@H](C(=O)O)C1. The summed E-state index contributed by atoms with van der Waals surface area (Å²) in [5.74, 6) is -2.77. The molecule has 29 heavy (non-hydrogen) atoms. The first-order valence-corrected chi connectivity index (χ1v) is 11.0. The van der Waals surface area contributed by atoms with Gasteiger partial charge in [-0.25, -0.2) is 8.42 Å². The second-order valence-corrected chi connectivity index (χ2v) is 9.49. The smallest absolute Gasteiger partial charge is 0.307 e. The van der Waals surface area contributed by atoms with Crippen LogP contribution in [0, 0.1) is 11.8 Å². The maximum Gasteiger partial charge on any atom is 0.307 e. The minimum atomic E-state index is -3.60. The fourth-order valence-corrected chi connectivity index (χ4v) is 5.12. The Morgan fingerprint density at radius 2 is 1.59 bits per heavy atom. The van der Waals surface area contributed by atoms with Gasteiger partial charge >= 0.3 is 5.97 Å². The lowest BCUT2D eigenvalue weighted by molar-refractivity contribution is -0.146. The van der Waals surface area contributed by atoms with Crippen LogP contribution in [-0.4, -0.2) is 56.0 Å². The second kappa shape index (κ2) is 8.64. The van der Waals surface area contributed by atoms with E-state index in [1.165, 1.54) is 28.6 Å². The third-order valence-electron chi connectivity index (χ3n) is 5.65. The summed E-state index contributed by atoms with van der Waals surface area (Å²) in [7, 11) is -3.60. The third kappa shape index (κ3) is 4.68. The number of carboxylic acid groups (broad SMARTS) is 1. The Kier molecular flexibility index (Phi) is 6.40. The number of benzene rings is 1. The van der Waals surface area contributed by atoms with Crippen LogP contribution in [-0.2, 0) is 24.3 Å². The van der Waals surface area contributed by atoms with Crippen LogP contribution in [0.1, 0.15) is 26.7 Å². The third-order valence-corrected chi connectivity index (χ3v) is 7.56. The monoisotopic (exact) mass is 422 g/mol. The zero-order valence-corrected chi connectivity index (χ0v) is 17.4. The van der Waals surface area contributed by atoms with E-state index in [0.717, 1.165) is 11.1 Å². The quantitative estimate of drug-likeness (QED) is 0.703. The number of allylic oxidation sites excluding steroid dienone is 2. The van der Waals surface area contributed by atoms with E-state index in [0.29, 0.717) is 44.8 Å². The highest BCUT2D eigenvalue weighted by atomic mass is 32.2. The number of ether oxygens (including phenoxy) is 1. The van der Waals surface area contributed by atoms with Gasteiger partial charge in [0.25, 0.3) is 0 Å². The predicted molar refractivity (Wildman–Crippen MR) is 107 cm³/mol. The van der Waals surface area contributed by atoms with Crippen molar-refractivity contribution in [2.24, 2.45) is 11.8 Å². The van der Waals surface area contributed by atoms with E-state index in [4.69, 9.17) is 4.74 Å². The molecule has 0 bridgehead atoms. The predicted octanol–water partition coefficient (Wildman–Crippen LogP) is 2.09. The number of sulfonamides is 1. The van der Waals surface area contributed by atoms with Gasteiger partial charge in [-0.3, -0.25) is 9.59 Å². The Morgan fingerprint density at radius 1 is 1.03 bits per heavy atom. The van der Waals surface area contributed by atoms with Crippen molar-refractivity contribution in [3.63, 3.8) is 0 Å². The van der Waals surface area contributed by atoms with Gasteiger partial charge in [0.1, 0.15) is 0 Å². The van der Waals surface area contributed by atoms with Gasteiger partial charge in [0, 0.05) is 18.8 Å². The van der Waals surface area contributed by atoms with Gasteiger partial charge in [0.05, 0.1) is 29.9 Å². The first-order chi connectivity index (χ1) is 13.7. The summed E-state index contributed by atoms with van der Waals surface area (Å²) in [5, 5.41) is 12.2. The van der Waals surface area contributed by atoms with Crippen LogP contribution in [0.5, 0.6) is 0 Å². The number of carboxylic acids is 1. The molecular formula is C20H26N2O6S. The second-order valence-electron chi connectivity index (χ2n) is 7.55. The van der Waals surface area contributed by atoms with E-state index >= 15 is 0 Å². The molecule has 9 heteroatoms. The first kappa shape index (κ1) is 21.5. The number of rotatable bonds is 5. The molecular weight excluding hydrogens is 396 g/mol. The van der Waals surface area contributed by atoms with Crippen molar-refractivity contribution in [2.75, 3.05) is 31.6 Å². The summed E-state index contributed by atoms with van der Waals surface area (Å²) in [6, 6.07) is 5.95. The summed E-state index contributed by atoms with van der Waals surface area (Å²) in [4.78, 5) is 24.5. The van der Waals surface area contributed by atoms with Gasteiger partial charge in [-0.2, -0.15) is 4.31 Å². The standard InChI is InChI=1S/C20H26N2O6S/c1-13-11-17(18(20(24)25)12-14(13)2)19(23)21-15-3-5-16(6-4-15)29(26,27)22-7-9-28-10-8-22/h3-6,17-18H,7-12H2,1-2H3,(H,21,23)(H,24,25)/t17-,18+/m1/s1. The van der Waals surface area contributed by atoms with Crippen molar-refractivity contribution in [1.82, 2.24) is 4.31 Å². The van der Waals surface area contributed by atoms with E-state index in [2.05, 4.69) is 5.32 Å². The Bertz CT molecular complexity index is 917. The molecule has 2 aliphatic rings. The molecule has 2 N–H and O–H groups in total. The molecule has 0 saturated carbocycles. The van der Waals surface area contributed by atoms with Crippen LogP contribution in [0.25, 0.3) is 0 Å². The molecule has 1 heterocycles. The Labute approximate surface area is 170 Å². The van der Waals surface area contributed by atoms with E-state index in [-0.39, 0.29) is 10.8 Å². The van der Waals surface area contributed by atoms with Crippen LogP contribution in [0.15, 0.2) is 40.3 Å². The molecule has 1 aliphatic carbocycles. The minimum Gasteiger partial charge on any atom is -0.481 e. The van der Waals surface area contributed by atoms with E-state index < -0.39 is 27.8 Å². The highest BCUT2D eigenvalue weighted by Crippen LogP contribution is 2.35. The molecule has 1 saturated heterocycles. The topological polar surface area (TPSA) is 113 Å². The summed E-state index contributed by atoms with van der Waals surface area (Å²) >= 11 is 0. The van der Waals surface area contributed by atoms with Crippen LogP contribution in [0.4, 0.5) is 5.69 Å². The van der Waals surface area contributed by atoms with E-state index in [1.807, 2.05) is 13.8 Å². The molecule has 158 valence electrons. The zero-order chi connectivity index (χ0) is 21.2. The molecule has 1 amide bonds. The lowest BCUT2D eigenvalue weighted by Gasteiger charge is -2.29. The van der Waals surface area contributed by atoms with Crippen molar-refractivity contribution in [1.29, 1.82) is 0 Å². The first-order valence-electron chi connectivity index (χ1n) is 9.57. The lowest BCUT2D eigenvalue weighted by atomic mass is 9.76. The summed E-state index contributed by atoms with van der Waals surface area (Å²) in [5.41, 5.74) is 2.48. The summed E-state index contributed by atoms with van der Waals surface area (Å²) in [6.45, 7) is 5.17. The highest BCUT2D eigenvalue weighted by Gasteiger charge is 2.37. The number of hydrogen-bond acceptors (Lipinski definition) is 5. The molecule has 1 aromatic carbocycles. The van der Waals surface area contributed by atoms with Crippen molar-refractivity contribution in [3.05, 3.63) is 35.4 Å². The van der Waals surface area contributed by atoms with E-state index in [9.17, 15) is 23.1 Å². The number of carbonyl (C=O) groups is 2. The average molecular weight is 423 g/mol. The van der Waals surface area contributed by atoms with Gasteiger partial charge in [-0.1, -0.05) is 11.1 Å². The van der Waals surface area contributed by atoms with Gasteiger partial charge in [-0.05, 0) is 51.0 Å². The van der Waals surface area contributed by atoms with Gasteiger partial charge in [0.15, 0.2) is 0 Å². The fraction of sp³-hybridized carbons (Fsp3) is 0.500. The maximum absolute atomic E-state index is 12.7. The molecule has 0 radical (unpaired) electrons. The minimum absolute atomic E-state index is 0.146. The number of anilines is 1. The van der Waals surface area contributed by atoms with Crippen LogP contribution < -0.4 is 5.32 Å². The molecule has 8 nitrogen and oxygen atoms in total. The summed E-state index contributed by atoms with van der Waals surface area (Å²) < 4.78 is 31.9. The number of hydrogen-bond donors (Lipinski definition) is 2. The normalized spacial score (nSPS) is 23.7. The Balaban J connectivity index is 1.72. The largest absolute Gasteiger partial charge is 0.481 e. The number of amides is 1. The molecule has 2 atom stereocenters. The highest BCUT2D eigenvalue weighted by molar-refractivity contribution is 7.89. The number of nitrogens with one attached hydrogen (secondary N) is 1. The fourth-order valence-electron chi connectivity index (χ4n) is 3.71.